The van der Waals surface area contributed by atoms with Gasteiger partial charge in [-0.25, -0.2) is 0 Å². The molecule has 1 aromatic rings. The van der Waals surface area contributed by atoms with Gasteiger partial charge in [0.1, 0.15) is 6.42 Å². The van der Waals surface area contributed by atoms with Crippen molar-refractivity contribution >= 4 is 11.8 Å². The second-order valence-corrected chi connectivity index (χ2v) is 7.07. The van der Waals surface area contributed by atoms with Crippen LogP contribution in [0.1, 0.15) is 51.5 Å². The van der Waals surface area contributed by atoms with E-state index in [9.17, 15) is 9.59 Å². The fourth-order valence-corrected chi connectivity index (χ4v) is 3.59. The Bertz CT molecular complexity index is 530. The van der Waals surface area contributed by atoms with Gasteiger partial charge in [-0.3, -0.25) is 9.59 Å². The third kappa shape index (κ3) is 6.18. The molecule has 0 N–H and O–H groups in total. The molecule has 25 heavy (non-hydrogen) atoms. The van der Waals surface area contributed by atoms with E-state index in [-0.39, 0.29) is 18.2 Å². The van der Waals surface area contributed by atoms with Crippen molar-refractivity contribution in [3.8, 4) is 0 Å². The van der Waals surface area contributed by atoms with Gasteiger partial charge in [0.2, 0.25) is 11.8 Å². The maximum absolute atomic E-state index is 12.5. The van der Waals surface area contributed by atoms with Crippen LogP contribution < -0.4 is 0 Å². The summed E-state index contributed by atoms with van der Waals surface area (Å²) in [5.74, 6) is 0.624. The smallest absolute Gasteiger partial charge is 0.232 e. The van der Waals surface area contributed by atoms with Crippen molar-refractivity contribution in [3.05, 3.63) is 35.9 Å². The zero-order chi connectivity index (χ0) is 18.1. The van der Waals surface area contributed by atoms with Crippen molar-refractivity contribution in [1.82, 2.24) is 9.80 Å². The number of hydrogen-bond donors (Lipinski definition) is 0. The minimum atomic E-state index is -0.0138. The van der Waals surface area contributed by atoms with Crippen molar-refractivity contribution in [1.29, 1.82) is 0 Å². The van der Waals surface area contributed by atoms with Gasteiger partial charge in [0.05, 0.1) is 0 Å². The van der Waals surface area contributed by atoms with Crippen molar-refractivity contribution in [2.45, 2.75) is 52.4 Å². The highest BCUT2D eigenvalue weighted by molar-refractivity contribution is 5.96. The fraction of sp³-hybridized carbons (Fsp3) is 0.619. The second-order valence-electron chi connectivity index (χ2n) is 7.07. The van der Waals surface area contributed by atoms with Crippen LogP contribution in [0.5, 0.6) is 0 Å². The molecular weight excluding hydrogens is 312 g/mol. The first kappa shape index (κ1) is 19.5. The Morgan fingerprint density at radius 1 is 1.04 bits per heavy atom. The molecule has 4 nitrogen and oxygen atoms in total. The molecule has 2 amide bonds. The Hall–Kier alpha value is -1.84. The van der Waals surface area contributed by atoms with Crippen LogP contribution in [0.3, 0.4) is 0 Å². The Morgan fingerprint density at radius 3 is 2.20 bits per heavy atom. The van der Waals surface area contributed by atoms with Crippen molar-refractivity contribution < 1.29 is 9.59 Å². The fourth-order valence-electron chi connectivity index (χ4n) is 3.59. The summed E-state index contributed by atoms with van der Waals surface area (Å²) in [7, 11) is 0. The maximum atomic E-state index is 12.5. The van der Waals surface area contributed by atoms with E-state index in [4.69, 9.17) is 0 Å². The van der Waals surface area contributed by atoms with Gasteiger partial charge in [-0.2, -0.15) is 0 Å². The first-order valence-corrected chi connectivity index (χ1v) is 9.73. The molecule has 1 aliphatic heterocycles. The quantitative estimate of drug-likeness (QED) is 0.677. The molecular formula is C21H32N2O2. The van der Waals surface area contributed by atoms with Gasteiger partial charge < -0.3 is 9.80 Å². The van der Waals surface area contributed by atoms with Crippen molar-refractivity contribution in [2.24, 2.45) is 5.92 Å². The molecule has 138 valence electrons. The molecule has 0 atom stereocenters. The molecule has 4 heteroatoms. The summed E-state index contributed by atoms with van der Waals surface area (Å²) in [6, 6.07) is 10.6. The van der Waals surface area contributed by atoms with E-state index in [2.05, 4.69) is 38.1 Å². The lowest BCUT2D eigenvalue weighted by Gasteiger charge is -2.32. The minimum Gasteiger partial charge on any atom is -0.342 e. The predicted octanol–water partition coefficient (Wildman–Crippen LogP) is 3.51. The van der Waals surface area contributed by atoms with Crippen LogP contribution in [0.15, 0.2) is 30.3 Å². The molecule has 1 aromatic carbocycles. The number of amides is 2. The van der Waals surface area contributed by atoms with Crippen LogP contribution in [0, 0.1) is 5.92 Å². The molecule has 2 rings (SSSR count). The Labute approximate surface area is 152 Å². The third-order valence-corrected chi connectivity index (χ3v) is 4.98. The SMILES string of the molecule is CCCN(CCC)C(=O)CC(=O)N1CCC(Cc2ccccc2)CC1. The van der Waals surface area contributed by atoms with Gasteiger partial charge in [-0.15, -0.1) is 0 Å². The Balaban J connectivity index is 1.77. The minimum absolute atomic E-state index is 0.000340. The molecule has 0 aliphatic carbocycles. The lowest BCUT2D eigenvalue weighted by atomic mass is 9.90. The van der Waals surface area contributed by atoms with Crippen molar-refractivity contribution in [2.75, 3.05) is 26.2 Å². The van der Waals surface area contributed by atoms with Gasteiger partial charge in [-0.1, -0.05) is 44.2 Å². The van der Waals surface area contributed by atoms with Crippen LogP contribution in [0.2, 0.25) is 0 Å². The largest absolute Gasteiger partial charge is 0.342 e. The highest BCUT2D eigenvalue weighted by Crippen LogP contribution is 2.22. The number of carbonyl (C=O) groups excluding carboxylic acids is 2. The predicted molar refractivity (Wildman–Crippen MR) is 101 cm³/mol. The molecule has 0 bridgehead atoms. The van der Waals surface area contributed by atoms with Crippen LogP contribution in [0.25, 0.3) is 0 Å². The van der Waals surface area contributed by atoms with Gasteiger partial charge in [0.25, 0.3) is 0 Å². The number of rotatable bonds is 8. The van der Waals surface area contributed by atoms with Gasteiger partial charge in [0.15, 0.2) is 0 Å². The van der Waals surface area contributed by atoms with E-state index in [1.165, 1.54) is 5.56 Å². The first-order valence-electron chi connectivity index (χ1n) is 9.73. The summed E-state index contributed by atoms with van der Waals surface area (Å²) >= 11 is 0. The summed E-state index contributed by atoms with van der Waals surface area (Å²) in [6.45, 7) is 7.19. The highest BCUT2D eigenvalue weighted by Gasteiger charge is 2.25. The summed E-state index contributed by atoms with van der Waals surface area (Å²) in [5, 5.41) is 0. The van der Waals surface area contributed by atoms with Gasteiger partial charge in [0, 0.05) is 26.2 Å². The molecule has 0 unspecified atom stereocenters. The average molecular weight is 344 g/mol. The van der Waals surface area contributed by atoms with Crippen LogP contribution in [0.4, 0.5) is 0 Å². The molecule has 0 saturated carbocycles. The number of nitrogens with zero attached hydrogens (tertiary/aromatic N) is 2. The van der Waals surface area contributed by atoms with Gasteiger partial charge >= 0.3 is 0 Å². The lowest BCUT2D eigenvalue weighted by molar-refractivity contribution is -0.141. The van der Waals surface area contributed by atoms with E-state index >= 15 is 0 Å². The molecule has 1 aliphatic rings. The Kier molecular flexibility index (Phi) is 7.96. The maximum Gasteiger partial charge on any atom is 0.232 e. The summed E-state index contributed by atoms with van der Waals surface area (Å²) in [4.78, 5) is 28.5. The molecule has 0 radical (unpaired) electrons. The molecule has 1 heterocycles. The van der Waals surface area contributed by atoms with E-state index in [0.29, 0.717) is 5.92 Å². The topological polar surface area (TPSA) is 40.6 Å². The molecule has 0 aromatic heterocycles. The number of carbonyl (C=O) groups is 2. The number of piperidine rings is 1. The zero-order valence-electron chi connectivity index (χ0n) is 15.7. The molecule has 1 fully saturated rings. The molecule has 1 saturated heterocycles. The number of likely N-dealkylation sites (tertiary alicyclic amines) is 1. The number of hydrogen-bond acceptors (Lipinski definition) is 2. The van der Waals surface area contributed by atoms with E-state index in [0.717, 1.165) is 58.3 Å². The summed E-state index contributed by atoms with van der Waals surface area (Å²) in [5.41, 5.74) is 1.37. The normalized spacial score (nSPS) is 15.2. The average Bonchev–Trinajstić information content (AvgIpc) is 2.63. The summed E-state index contributed by atoms with van der Waals surface area (Å²) in [6.07, 6.45) is 5.05. The highest BCUT2D eigenvalue weighted by atomic mass is 16.2. The van der Waals surface area contributed by atoms with Crippen LogP contribution in [-0.4, -0.2) is 47.8 Å². The van der Waals surface area contributed by atoms with E-state index in [1.54, 1.807) is 0 Å². The molecule has 0 spiro atoms. The number of benzene rings is 1. The lowest BCUT2D eigenvalue weighted by Crippen LogP contribution is -2.42. The Morgan fingerprint density at radius 2 is 1.64 bits per heavy atom. The van der Waals surface area contributed by atoms with Gasteiger partial charge in [-0.05, 0) is 43.6 Å². The van der Waals surface area contributed by atoms with E-state index in [1.807, 2.05) is 15.9 Å². The van der Waals surface area contributed by atoms with E-state index < -0.39 is 0 Å². The monoisotopic (exact) mass is 344 g/mol. The van der Waals surface area contributed by atoms with Crippen molar-refractivity contribution in [3.63, 3.8) is 0 Å². The summed E-state index contributed by atoms with van der Waals surface area (Å²) < 4.78 is 0. The van der Waals surface area contributed by atoms with Crippen LogP contribution >= 0.6 is 0 Å². The second kappa shape index (κ2) is 10.2. The zero-order valence-corrected chi connectivity index (χ0v) is 15.7. The third-order valence-electron chi connectivity index (χ3n) is 4.98. The standard InChI is InChI=1S/C21H32N2O2/c1-3-12-22(13-4-2)20(24)17-21(25)23-14-10-19(11-15-23)16-18-8-6-5-7-9-18/h5-9,19H,3-4,10-17H2,1-2H3. The van der Waals surface area contributed by atoms with Crippen LogP contribution in [-0.2, 0) is 16.0 Å². The first-order chi connectivity index (χ1) is 12.1.